The molecule has 0 unspecified atom stereocenters. The first kappa shape index (κ1) is 12.1. The fourth-order valence-corrected chi connectivity index (χ4v) is 2.01. The summed E-state index contributed by atoms with van der Waals surface area (Å²) in [4.78, 5) is 22.8. The number of Topliss-reactive ketones (excluding diaryl/α,β-unsaturated/α-hetero) is 1. The summed E-state index contributed by atoms with van der Waals surface area (Å²) < 4.78 is 1.54. The summed E-state index contributed by atoms with van der Waals surface area (Å²) in [5.41, 5.74) is 1.80. The molecule has 1 N–H and O–H groups in total. The van der Waals surface area contributed by atoms with Gasteiger partial charge in [-0.05, 0) is 31.5 Å². The maximum Gasteiger partial charge on any atom is 0.353 e. The van der Waals surface area contributed by atoms with Crippen molar-refractivity contribution in [3.8, 4) is 5.69 Å². The highest BCUT2D eigenvalue weighted by Crippen LogP contribution is 2.21. The fourth-order valence-electron chi connectivity index (χ4n) is 2.01. The Labute approximate surface area is 104 Å². The van der Waals surface area contributed by atoms with Crippen molar-refractivity contribution in [1.29, 1.82) is 0 Å². The quantitative estimate of drug-likeness (QED) is 0.843. The highest BCUT2D eigenvalue weighted by Gasteiger charge is 2.20. The molecule has 0 radical (unpaired) electrons. The molecule has 0 fully saturated rings. The molecule has 0 spiro atoms. The van der Waals surface area contributed by atoms with E-state index in [-0.39, 0.29) is 11.5 Å². The van der Waals surface area contributed by atoms with Crippen LogP contribution in [0.3, 0.4) is 0 Å². The molecule has 2 rings (SSSR count). The Morgan fingerprint density at radius 1 is 1.17 bits per heavy atom. The third kappa shape index (κ3) is 1.93. The number of carboxylic acids is 1. The molecule has 18 heavy (non-hydrogen) atoms. The molecule has 92 valence electrons. The molecule has 2 aromatic rings. The SMILES string of the molecule is CC(=O)c1cn(-c2ccccc2)c(C(=O)O)c1C. The minimum atomic E-state index is -1.04. The van der Waals surface area contributed by atoms with E-state index in [1.807, 2.05) is 18.2 Å². The maximum atomic E-state index is 11.5. The lowest BCUT2D eigenvalue weighted by atomic mass is 10.1. The number of carbonyl (C=O) groups is 2. The molecular formula is C14H13NO3. The van der Waals surface area contributed by atoms with Crippen LogP contribution in [0.25, 0.3) is 5.69 Å². The average molecular weight is 243 g/mol. The molecule has 1 aromatic heterocycles. The van der Waals surface area contributed by atoms with Gasteiger partial charge in [-0.3, -0.25) is 4.79 Å². The Bertz CT molecular complexity index is 611. The van der Waals surface area contributed by atoms with Crippen molar-refractivity contribution in [1.82, 2.24) is 4.57 Å². The summed E-state index contributed by atoms with van der Waals surface area (Å²) in [6.45, 7) is 3.09. The Morgan fingerprint density at radius 3 is 2.28 bits per heavy atom. The van der Waals surface area contributed by atoms with Crippen molar-refractivity contribution < 1.29 is 14.7 Å². The van der Waals surface area contributed by atoms with E-state index >= 15 is 0 Å². The number of rotatable bonds is 3. The molecule has 4 heteroatoms. The van der Waals surface area contributed by atoms with Crippen molar-refractivity contribution >= 4 is 11.8 Å². The maximum absolute atomic E-state index is 11.5. The molecule has 1 aromatic carbocycles. The minimum absolute atomic E-state index is 0.131. The van der Waals surface area contributed by atoms with E-state index in [0.29, 0.717) is 11.1 Å². The highest BCUT2D eigenvalue weighted by molar-refractivity contribution is 6.00. The molecule has 0 aliphatic carbocycles. The van der Waals surface area contributed by atoms with Crippen LogP contribution < -0.4 is 0 Å². The van der Waals surface area contributed by atoms with Crippen molar-refractivity contribution in [2.45, 2.75) is 13.8 Å². The summed E-state index contributed by atoms with van der Waals surface area (Å²) in [6.07, 6.45) is 1.58. The number of para-hydroxylation sites is 1. The van der Waals surface area contributed by atoms with E-state index in [0.717, 1.165) is 5.69 Å². The van der Waals surface area contributed by atoms with Crippen LogP contribution in [0.2, 0.25) is 0 Å². The van der Waals surface area contributed by atoms with Crippen molar-refractivity contribution in [3.63, 3.8) is 0 Å². The zero-order valence-electron chi connectivity index (χ0n) is 10.2. The summed E-state index contributed by atoms with van der Waals surface area (Å²) >= 11 is 0. The van der Waals surface area contributed by atoms with Crippen molar-refractivity contribution in [2.24, 2.45) is 0 Å². The molecular weight excluding hydrogens is 230 g/mol. The molecule has 0 aliphatic heterocycles. The van der Waals surface area contributed by atoms with E-state index in [1.54, 1.807) is 25.3 Å². The van der Waals surface area contributed by atoms with Gasteiger partial charge in [-0.15, -0.1) is 0 Å². The number of carbonyl (C=O) groups excluding carboxylic acids is 1. The second-order valence-corrected chi connectivity index (χ2v) is 4.08. The number of benzene rings is 1. The van der Waals surface area contributed by atoms with E-state index in [9.17, 15) is 14.7 Å². The van der Waals surface area contributed by atoms with E-state index in [1.165, 1.54) is 11.5 Å². The highest BCUT2D eigenvalue weighted by atomic mass is 16.4. The minimum Gasteiger partial charge on any atom is -0.477 e. The number of carboxylic acid groups (broad SMARTS) is 1. The predicted molar refractivity (Wildman–Crippen MR) is 67.5 cm³/mol. The second-order valence-electron chi connectivity index (χ2n) is 4.08. The Morgan fingerprint density at radius 2 is 1.78 bits per heavy atom. The number of ketones is 1. The van der Waals surface area contributed by atoms with E-state index in [4.69, 9.17) is 0 Å². The summed E-state index contributed by atoms with van der Waals surface area (Å²) in [6, 6.07) is 9.10. The Kier molecular flexibility index (Phi) is 3.02. The normalized spacial score (nSPS) is 10.3. The van der Waals surface area contributed by atoms with Crippen LogP contribution in [0.15, 0.2) is 36.5 Å². The van der Waals surface area contributed by atoms with Crippen LogP contribution in [0, 0.1) is 6.92 Å². The van der Waals surface area contributed by atoms with Crippen LogP contribution in [-0.4, -0.2) is 21.4 Å². The molecule has 0 bridgehead atoms. The molecule has 0 amide bonds. The lowest BCUT2D eigenvalue weighted by Gasteiger charge is -2.06. The van der Waals surface area contributed by atoms with Gasteiger partial charge in [0.2, 0.25) is 0 Å². The summed E-state index contributed by atoms with van der Waals surface area (Å²) in [5, 5.41) is 9.27. The smallest absolute Gasteiger partial charge is 0.353 e. The average Bonchev–Trinajstić information content (AvgIpc) is 2.68. The number of hydrogen-bond donors (Lipinski definition) is 1. The Hall–Kier alpha value is -2.36. The van der Waals surface area contributed by atoms with Gasteiger partial charge in [0, 0.05) is 17.4 Å². The van der Waals surface area contributed by atoms with Gasteiger partial charge >= 0.3 is 5.97 Å². The van der Waals surface area contributed by atoms with Crippen molar-refractivity contribution in [2.75, 3.05) is 0 Å². The van der Waals surface area contributed by atoms with Crippen LogP contribution in [0.1, 0.15) is 33.3 Å². The third-order valence-corrected chi connectivity index (χ3v) is 2.87. The number of aromatic nitrogens is 1. The molecule has 0 aliphatic rings. The number of nitrogens with zero attached hydrogens (tertiary/aromatic N) is 1. The lowest BCUT2D eigenvalue weighted by molar-refractivity contribution is 0.0687. The van der Waals surface area contributed by atoms with Crippen LogP contribution in [0.4, 0.5) is 0 Å². The lowest BCUT2D eigenvalue weighted by Crippen LogP contribution is -2.07. The molecule has 0 saturated heterocycles. The van der Waals surface area contributed by atoms with Crippen LogP contribution in [0.5, 0.6) is 0 Å². The zero-order chi connectivity index (χ0) is 13.3. The number of aromatic carboxylic acids is 1. The van der Waals surface area contributed by atoms with Crippen molar-refractivity contribution in [3.05, 3.63) is 53.3 Å². The first-order valence-electron chi connectivity index (χ1n) is 5.54. The van der Waals surface area contributed by atoms with Gasteiger partial charge in [0.15, 0.2) is 5.78 Å². The molecule has 0 saturated carbocycles. The molecule has 0 atom stereocenters. The summed E-state index contributed by atoms with van der Waals surface area (Å²) in [7, 11) is 0. The Balaban J connectivity index is 2.71. The molecule has 1 heterocycles. The van der Waals surface area contributed by atoms with Gasteiger partial charge in [0.25, 0.3) is 0 Å². The van der Waals surface area contributed by atoms with E-state index < -0.39 is 5.97 Å². The van der Waals surface area contributed by atoms with Gasteiger partial charge in [0.1, 0.15) is 5.69 Å². The third-order valence-electron chi connectivity index (χ3n) is 2.87. The first-order chi connectivity index (χ1) is 8.52. The van der Waals surface area contributed by atoms with Gasteiger partial charge < -0.3 is 9.67 Å². The van der Waals surface area contributed by atoms with Gasteiger partial charge in [0.05, 0.1) is 0 Å². The van der Waals surface area contributed by atoms with E-state index in [2.05, 4.69) is 0 Å². The van der Waals surface area contributed by atoms with Gasteiger partial charge in [-0.25, -0.2) is 4.79 Å². The van der Waals surface area contributed by atoms with Gasteiger partial charge in [-0.2, -0.15) is 0 Å². The topological polar surface area (TPSA) is 59.3 Å². The first-order valence-corrected chi connectivity index (χ1v) is 5.54. The van der Waals surface area contributed by atoms with Crippen LogP contribution >= 0.6 is 0 Å². The van der Waals surface area contributed by atoms with Gasteiger partial charge in [-0.1, -0.05) is 18.2 Å². The number of hydrogen-bond acceptors (Lipinski definition) is 2. The fraction of sp³-hybridized carbons (Fsp3) is 0.143. The van der Waals surface area contributed by atoms with Crippen LogP contribution in [-0.2, 0) is 0 Å². The standard InChI is InChI=1S/C14H13NO3/c1-9-12(10(2)16)8-15(13(9)14(17)18)11-6-4-3-5-7-11/h3-8H,1-2H3,(H,17,18). The summed E-state index contributed by atoms with van der Waals surface area (Å²) in [5.74, 6) is -1.17. The second kappa shape index (κ2) is 4.49. The predicted octanol–water partition coefficient (Wildman–Crippen LogP) is 2.69. The monoisotopic (exact) mass is 243 g/mol. The zero-order valence-corrected chi connectivity index (χ0v) is 10.2. The molecule has 4 nitrogen and oxygen atoms in total. The largest absolute Gasteiger partial charge is 0.477 e.